The molecule has 0 heterocycles. The molecule has 1 rings (SSSR count). The summed E-state index contributed by atoms with van der Waals surface area (Å²) in [5, 5.41) is 20.0. The smallest absolute Gasteiger partial charge is 0.341 e. The lowest BCUT2D eigenvalue weighted by atomic mass is 10.0. The molecule has 1 atom stereocenters. The number of carbonyl (C=O) groups excluding carboxylic acids is 1. The maximum absolute atomic E-state index is 13.7. The maximum Gasteiger partial charge on any atom is 0.341 e. The molecule has 5 nitrogen and oxygen atoms in total. The molecule has 0 aliphatic carbocycles. The van der Waals surface area contributed by atoms with E-state index in [0.717, 1.165) is 0 Å². The van der Waals surface area contributed by atoms with Gasteiger partial charge in [0.05, 0.1) is 11.1 Å². The van der Waals surface area contributed by atoms with Crippen molar-refractivity contribution in [2.45, 2.75) is 13.0 Å². The van der Waals surface area contributed by atoms with Gasteiger partial charge in [-0.25, -0.2) is 22.4 Å². The van der Waals surface area contributed by atoms with Gasteiger partial charge in [0.25, 0.3) is 0 Å². The summed E-state index contributed by atoms with van der Waals surface area (Å²) in [6, 6.07) is -0.676. The predicted octanol–water partition coefficient (Wildman–Crippen LogP) is 2.13. The van der Waals surface area contributed by atoms with Crippen LogP contribution in [-0.4, -0.2) is 34.6 Å². The molecule has 10 heteroatoms. The largest absolute Gasteiger partial charge is 0.477 e. The first kappa shape index (κ1) is 19.1. The van der Waals surface area contributed by atoms with Crippen LogP contribution in [0.15, 0.2) is 16.2 Å². The Hall–Kier alpha value is -1.94. The van der Waals surface area contributed by atoms with Crippen molar-refractivity contribution in [3.63, 3.8) is 0 Å². The molecule has 0 amide bonds. The molecule has 0 spiro atoms. The molecule has 0 radical (unpaired) electrons. The highest BCUT2D eigenvalue weighted by Crippen LogP contribution is 2.29. The van der Waals surface area contributed by atoms with Crippen LogP contribution < -0.4 is 5.32 Å². The second kappa shape index (κ2) is 7.55. The monoisotopic (exact) mass is 399 g/mol. The number of benzene rings is 1. The van der Waals surface area contributed by atoms with Crippen LogP contribution in [0, 0.1) is 23.3 Å². The summed E-state index contributed by atoms with van der Waals surface area (Å²) in [7, 11) is 0. The number of carboxylic acid groups (broad SMARTS) is 1. The van der Waals surface area contributed by atoms with Crippen LogP contribution in [0.5, 0.6) is 0 Å². The minimum absolute atomic E-state index is 0.429. The molecular weight excluding hydrogens is 390 g/mol. The fourth-order valence-electron chi connectivity index (χ4n) is 1.44. The normalized spacial score (nSPS) is 12.9. The molecule has 3 N–H and O–H groups in total. The lowest BCUT2D eigenvalue weighted by Crippen LogP contribution is -2.27. The minimum Gasteiger partial charge on any atom is -0.477 e. The van der Waals surface area contributed by atoms with Gasteiger partial charge in [-0.05, 0) is 22.9 Å². The number of nitrogens with one attached hydrogen (secondary N) is 1. The van der Waals surface area contributed by atoms with Gasteiger partial charge in [0.15, 0.2) is 23.3 Å². The second-order valence-electron chi connectivity index (χ2n) is 4.39. The molecule has 23 heavy (non-hydrogen) atoms. The number of aliphatic carboxylic acids is 1. The average molecular weight is 400 g/mol. The zero-order chi connectivity index (χ0) is 17.9. The van der Waals surface area contributed by atoms with Crippen LogP contribution in [-0.2, 0) is 4.79 Å². The van der Waals surface area contributed by atoms with E-state index < -0.39 is 63.3 Å². The van der Waals surface area contributed by atoms with Gasteiger partial charge in [-0.1, -0.05) is 0 Å². The summed E-state index contributed by atoms with van der Waals surface area (Å²) in [6.45, 7) is 0.989. The third kappa shape index (κ3) is 3.88. The highest BCUT2D eigenvalue weighted by molar-refractivity contribution is 9.10. The number of halogens is 5. The molecular formula is C13H10BrF4NO4. The molecule has 126 valence electrons. The number of Topliss-reactive ketones (excluding diaryl/α,β-unsaturated/α-hetero) is 1. The highest BCUT2D eigenvalue weighted by Gasteiger charge is 2.32. The average Bonchev–Trinajstić information content (AvgIpc) is 2.50. The summed E-state index contributed by atoms with van der Waals surface area (Å²) in [5.41, 5.74) is -2.83. The second-order valence-corrected chi connectivity index (χ2v) is 5.18. The van der Waals surface area contributed by atoms with Gasteiger partial charge in [0.2, 0.25) is 5.78 Å². The predicted molar refractivity (Wildman–Crippen MR) is 73.7 cm³/mol. The van der Waals surface area contributed by atoms with Gasteiger partial charge in [-0.2, -0.15) is 0 Å². The molecule has 0 saturated carbocycles. The number of ketones is 1. The van der Waals surface area contributed by atoms with E-state index in [1.807, 2.05) is 0 Å². The van der Waals surface area contributed by atoms with Gasteiger partial charge in [-0.15, -0.1) is 0 Å². The number of rotatable bonds is 6. The maximum atomic E-state index is 13.7. The number of aliphatic hydroxyl groups is 1. The van der Waals surface area contributed by atoms with Crippen molar-refractivity contribution in [1.29, 1.82) is 0 Å². The van der Waals surface area contributed by atoms with E-state index in [4.69, 9.17) is 10.2 Å². The van der Waals surface area contributed by atoms with Gasteiger partial charge < -0.3 is 15.5 Å². The lowest BCUT2D eigenvalue weighted by Gasteiger charge is -2.11. The molecule has 0 unspecified atom stereocenters. The van der Waals surface area contributed by atoms with Gasteiger partial charge in [-0.3, -0.25) is 4.79 Å². The lowest BCUT2D eigenvalue weighted by molar-refractivity contribution is -0.132. The van der Waals surface area contributed by atoms with Crippen LogP contribution in [0.25, 0.3) is 0 Å². The van der Waals surface area contributed by atoms with Crippen molar-refractivity contribution < 1.29 is 37.4 Å². The fraction of sp³-hybridized carbons (Fsp3) is 0.231. The van der Waals surface area contributed by atoms with Crippen LogP contribution in [0.2, 0.25) is 0 Å². The quantitative estimate of drug-likeness (QED) is 0.130. The van der Waals surface area contributed by atoms with Gasteiger partial charge in [0, 0.05) is 12.2 Å². The number of aliphatic hydroxyl groups excluding tert-OH is 1. The first-order valence-corrected chi connectivity index (χ1v) is 6.79. The number of carboxylic acids is 1. The molecule has 1 aromatic carbocycles. The Morgan fingerprint density at radius 3 is 2.04 bits per heavy atom. The first-order valence-electron chi connectivity index (χ1n) is 5.99. The van der Waals surface area contributed by atoms with Gasteiger partial charge in [0.1, 0.15) is 11.1 Å². The van der Waals surface area contributed by atoms with E-state index in [1.165, 1.54) is 6.92 Å². The Kier molecular flexibility index (Phi) is 6.28. The van der Waals surface area contributed by atoms with E-state index in [1.54, 1.807) is 0 Å². The number of hydrogen-bond acceptors (Lipinski definition) is 4. The molecule has 0 aliphatic heterocycles. The van der Waals surface area contributed by atoms with Crippen LogP contribution in [0.3, 0.4) is 0 Å². The van der Waals surface area contributed by atoms with Crippen molar-refractivity contribution in [1.82, 2.24) is 5.32 Å². The van der Waals surface area contributed by atoms with Crippen molar-refractivity contribution in [3.8, 4) is 0 Å². The Labute approximate surface area is 135 Å². The molecule has 0 fully saturated rings. The van der Waals surface area contributed by atoms with Crippen LogP contribution >= 0.6 is 15.9 Å². The van der Waals surface area contributed by atoms with E-state index in [-0.39, 0.29) is 0 Å². The van der Waals surface area contributed by atoms with Crippen molar-refractivity contribution in [2.75, 3.05) is 6.61 Å². The van der Waals surface area contributed by atoms with Crippen LogP contribution in [0.1, 0.15) is 17.3 Å². The van der Waals surface area contributed by atoms with E-state index >= 15 is 0 Å². The van der Waals surface area contributed by atoms with Crippen LogP contribution in [0.4, 0.5) is 17.6 Å². The Morgan fingerprint density at radius 1 is 1.17 bits per heavy atom. The zero-order valence-corrected chi connectivity index (χ0v) is 13.0. The molecule has 0 aliphatic rings. The minimum atomic E-state index is -2.02. The third-order valence-electron chi connectivity index (χ3n) is 2.70. The standard InChI is InChI=1S/C13H10BrF4NO4/c1-4(3-20)19-2-5(13(22)23)12(21)6-8(15)10(17)7(14)11(18)9(6)16/h2,4,19-20H,3H2,1H3,(H,22,23)/t4-/m0/s1. The first-order chi connectivity index (χ1) is 10.6. The molecule has 1 aromatic rings. The van der Waals surface area contributed by atoms with Crippen molar-refractivity contribution in [3.05, 3.63) is 45.1 Å². The fourth-order valence-corrected chi connectivity index (χ4v) is 1.79. The number of carbonyl (C=O) groups is 2. The highest BCUT2D eigenvalue weighted by atomic mass is 79.9. The van der Waals surface area contributed by atoms with E-state index in [0.29, 0.717) is 6.20 Å². The molecule has 0 aromatic heterocycles. The van der Waals surface area contributed by atoms with E-state index in [2.05, 4.69) is 21.2 Å². The topological polar surface area (TPSA) is 86.6 Å². The summed E-state index contributed by atoms with van der Waals surface area (Å²) in [6.07, 6.45) is 0.586. The SMILES string of the molecule is C[C@@H](CO)NC=C(C(=O)O)C(=O)c1c(F)c(F)c(Br)c(F)c1F. The van der Waals surface area contributed by atoms with Crippen molar-refractivity contribution in [2.24, 2.45) is 0 Å². The third-order valence-corrected chi connectivity index (χ3v) is 3.39. The summed E-state index contributed by atoms with van der Waals surface area (Å²) < 4.78 is 53.2. The Morgan fingerprint density at radius 2 is 1.65 bits per heavy atom. The van der Waals surface area contributed by atoms with E-state index in [9.17, 15) is 27.2 Å². The summed E-state index contributed by atoms with van der Waals surface area (Å²) >= 11 is 2.28. The molecule has 0 bridgehead atoms. The van der Waals surface area contributed by atoms with Crippen molar-refractivity contribution >= 4 is 27.7 Å². The Balaban J connectivity index is 3.45. The Bertz CT molecular complexity index is 664. The summed E-state index contributed by atoms with van der Waals surface area (Å²) in [5.74, 6) is -11.4. The zero-order valence-electron chi connectivity index (χ0n) is 11.5. The number of hydrogen-bond donors (Lipinski definition) is 3. The molecule has 0 saturated heterocycles. The van der Waals surface area contributed by atoms with Gasteiger partial charge >= 0.3 is 5.97 Å². The summed E-state index contributed by atoms with van der Waals surface area (Å²) in [4.78, 5) is 23.0.